The largest absolute Gasteiger partial charge is 0.385 e. The van der Waals surface area contributed by atoms with Crippen molar-refractivity contribution in [1.29, 1.82) is 0 Å². The molecule has 1 N–H and O–H groups in total. The Labute approximate surface area is 82.2 Å². The summed E-state index contributed by atoms with van der Waals surface area (Å²) in [4.78, 5) is 0. The maximum absolute atomic E-state index is 9.71. The normalized spacial score (nSPS) is 14.7. The van der Waals surface area contributed by atoms with Crippen LogP contribution in [0.1, 0.15) is 52.4 Å². The molecule has 1 atom stereocenters. The first-order valence-corrected chi connectivity index (χ1v) is 5.22. The number of aliphatic hydroxyl groups is 1. The molecule has 0 radical (unpaired) electrons. The lowest BCUT2D eigenvalue weighted by atomic mass is 9.98. The fraction of sp³-hybridized carbons (Fsp3) is 0.750. The van der Waals surface area contributed by atoms with Gasteiger partial charge in [0.15, 0.2) is 0 Å². The highest BCUT2D eigenvalue weighted by Crippen LogP contribution is 2.16. The summed E-state index contributed by atoms with van der Waals surface area (Å²) in [6.07, 6.45) is 8.62. The van der Waals surface area contributed by atoms with E-state index in [0.29, 0.717) is 0 Å². The van der Waals surface area contributed by atoms with Gasteiger partial charge in [-0.1, -0.05) is 45.6 Å². The minimum absolute atomic E-state index is 0.700. The fourth-order valence-corrected chi connectivity index (χ4v) is 1.38. The standard InChI is InChI=1S/C12H22O/c1-4-6-7-8-9-11-12(3,13)10-5-2/h10,13H,2,4,6-9,11H2,1,3H3. The lowest BCUT2D eigenvalue weighted by Gasteiger charge is -2.17. The van der Waals surface area contributed by atoms with Crippen LogP contribution in [0.2, 0.25) is 0 Å². The van der Waals surface area contributed by atoms with Crippen molar-refractivity contribution in [3.8, 4) is 0 Å². The fourth-order valence-electron chi connectivity index (χ4n) is 1.38. The summed E-state index contributed by atoms with van der Waals surface area (Å²) < 4.78 is 0. The second kappa shape index (κ2) is 6.94. The van der Waals surface area contributed by atoms with Crippen molar-refractivity contribution in [1.82, 2.24) is 0 Å². The second-order valence-corrected chi connectivity index (χ2v) is 3.87. The minimum Gasteiger partial charge on any atom is -0.385 e. The molecule has 1 nitrogen and oxygen atoms in total. The molecule has 0 amide bonds. The summed E-state index contributed by atoms with van der Waals surface area (Å²) in [6.45, 7) is 7.48. The molecule has 0 aromatic carbocycles. The molecular weight excluding hydrogens is 160 g/mol. The van der Waals surface area contributed by atoms with Crippen LogP contribution in [0.4, 0.5) is 0 Å². The van der Waals surface area contributed by atoms with Crippen LogP contribution in [0.3, 0.4) is 0 Å². The first-order valence-electron chi connectivity index (χ1n) is 5.22. The summed E-state index contributed by atoms with van der Waals surface area (Å²) in [7, 11) is 0. The van der Waals surface area contributed by atoms with Crippen molar-refractivity contribution in [2.24, 2.45) is 0 Å². The Morgan fingerprint density at radius 1 is 1.31 bits per heavy atom. The van der Waals surface area contributed by atoms with Gasteiger partial charge in [-0.3, -0.25) is 0 Å². The van der Waals surface area contributed by atoms with Gasteiger partial charge < -0.3 is 5.11 Å². The molecule has 1 unspecified atom stereocenters. The van der Waals surface area contributed by atoms with Crippen molar-refractivity contribution in [2.45, 2.75) is 58.0 Å². The van der Waals surface area contributed by atoms with Crippen molar-refractivity contribution < 1.29 is 5.11 Å². The third kappa shape index (κ3) is 7.83. The van der Waals surface area contributed by atoms with Crippen molar-refractivity contribution in [2.75, 3.05) is 0 Å². The maximum Gasteiger partial charge on any atom is 0.0872 e. The van der Waals surface area contributed by atoms with Crippen LogP contribution in [0.25, 0.3) is 0 Å². The number of hydrogen-bond acceptors (Lipinski definition) is 1. The van der Waals surface area contributed by atoms with E-state index in [0.717, 1.165) is 12.8 Å². The third-order valence-corrected chi connectivity index (χ3v) is 2.20. The molecular formula is C12H22O. The summed E-state index contributed by atoms with van der Waals surface area (Å²) >= 11 is 0. The van der Waals surface area contributed by atoms with Crippen LogP contribution < -0.4 is 0 Å². The van der Waals surface area contributed by atoms with Gasteiger partial charge in [0.2, 0.25) is 0 Å². The minimum atomic E-state index is -0.700. The van der Waals surface area contributed by atoms with E-state index in [2.05, 4.69) is 19.2 Å². The lowest BCUT2D eigenvalue weighted by molar-refractivity contribution is 0.0987. The smallest absolute Gasteiger partial charge is 0.0872 e. The van der Waals surface area contributed by atoms with E-state index in [1.807, 2.05) is 6.92 Å². The van der Waals surface area contributed by atoms with E-state index in [-0.39, 0.29) is 0 Å². The Morgan fingerprint density at radius 2 is 1.92 bits per heavy atom. The van der Waals surface area contributed by atoms with E-state index in [1.54, 1.807) is 6.08 Å². The van der Waals surface area contributed by atoms with Gasteiger partial charge in [-0.25, -0.2) is 0 Å². The van der Waals surface area contributed by atoms with Crippen LogP contribution in [0, 0.1) is 0 Å². The van der Waals surface area contributed by atoms with Gasteiger partial charge in [0.25, 0.3) is 0 Å². The molecule has 0 heterocycles. The van der Waals surface area contributed by atoms with E-state index in [4.69, 9.17) is 0 Å². The second-order valence-electron chi connectivity index (χ2n) is 3.87. The third-order valence-electron chi connectivity index (χ3n) is 2.20. The predicted molar refractivity (Wildman–Crippen MR) is 57.7 cm³/mol. The zero-order chi connectivity index (χ0) is 10.2. The summed E-state index contributed by atoms with van der Waals surface area (Å²) in [6, 6.07) is 0. The highest BCUT2D eigenvalue weighted by molar-refractivity contribution is 4.95. The zero-order valence-corrected chi connectivity index (χ0v) is 8.97. The summed E-state index contributed by atoms with van der Waals surface area (Å²) in [5.41, 5.74) is 1.93. The Kier molecular flexibility index (Phi) is 6.66. The van der Waals surface area contributed by atoms with Crippen LogP contribution >= 0.6 is 0 Å². The first-order chi connectivity index (χ1) is 6.12. The van der Waals surface area contributed by atoms with Gasteiger partial charge in [-0.05, 0) is 19.4 Å². The monoisotopic (exact) mass is 182 g/mol. The highest BCUT2D eigenvalue weighted by atomic mass is 16.3. The maximum atomic E-state index is 9.71. The van der Waals surface area contributed by atoms with Gasteiger partial charge >= 0.3 is 0 Å². The summed E-state index contributed by atoms with van der Waals surface area (Å²) in [5, 5.41) is 9.71. The van der Waals surface area contributed by atoms with Gasteiger partial charge in [-0.2, -0.15) is 0 Å². The predicted octanol–water partition coefficient (Wildman–Crippen LogP) is 3.44. The van der Waals surface area contributed by atoms with Crippen LogP contribution in [0.5, 0.6) is 0 Å². The molecule has 0 saturated heterocycles. The number of hydrogen-bond donors (Lipinski definition) is 1. The molecule has 0 aromatic heterocycles. The Balaban J connectivity index is 3.46. The van der Waals surface area contributed by atoms with Crippen molar-refractivity contribution in [3.63, 3.8) is 0 Å². The van der Waals surface area contributed by atoms with Gasteiger partial charge in [-0.15, -0.1) is 5.73 Å². The molecule has 0 aliphatic heterocycles. The van der Waals surface area contributed by atoms with Gasteiger partial charge in [0, 0.05) is 0 Å². The van der Waals surface area contributed by atoms with Crippen LogP contribution in [-0.2, 0) is 0 Å². The quantitative estimate of drug-likeness (QED) is 0.472. The van der Waals surface area contributed by atoms with Gasteiger partial charge in [0.1, 0.15) is 0 Å². The van der Waals surface area contributed by atoms with E-state index in [9.17, 15) is 5.11 Å². The first kappa shape index (κ1) is 12.5. The SMILES string of the molecule is C=C=CC(C)(O)CCCCCCC. The Bertz CT molecular complexity index is 164. The number of unbranched alkanes of at least 4 members (excludes halogenated alkanes) is 4. The van der Waals surface area contributed by atoms with Crippen LogP contribution in [-0.4, -0.2) is 10.7 Å². The molecule has 0 saturated carbocycles. The molecule has 0 aliphatic carbocycles. The Morgan fingerprint density at radius 3 is 2.46 bits per heavy atom. The molecule has 0 rings (SSSR count). The average Bonchev–Trinajstić information content (AvgIpc) is 2.04. The molecule has 0 bridgehead atoms. The average molecular weight is 182 g/mol. The molecule has 1 heteroatoms. The van der Waals surface area contributed by atoms with Crippen molar-refractivity contribution >= 4 is 0 Å². The zero-order valence-electron chi connectivity index (χ0n) is 8.97. The molecule has 0 spiro atoms. The number of rotatable bonds is 7. The highest BCUT2D eigenvalue weighted by Gasteiger charge is 2.14. The molecule has 13 heavy (non-hydrogen) atoms. The molecule has 76 valence electrons. The molecule has 0 aromatic rings. The molecule has 0 fully saturated rings. The van der Waals surface area contributed by atoms with Gasteiger partial charge in [0.05, 0.1) is 5.60 Å². The van der Waals surface area contributed by atoms with Crippen molar-refractivity contribution in [3.05, 3.63) is 18.4 Å². The van der Waals surface area contributed by atoms with E-state index in [1.165, 1.54) is 25.7 Å². The molecule has 0 aliphatic rings. The van der Waals surface area contributed by atoms with E-state index < -0.39 is 5.60 Å². The Hall–Kier alpha value is -0.520. The summed E-state index contributed by atoms with van der Waals surface area (Å²) in [5.74, 6) is 0. The van der Waals surface area contributed by atoms with Crippen LogP contribution in [0.15, 0.2) is 18.4 Å². The van der Waals surface area contributed by atoms with E-state index >= 15 is 0 Å². The lowest BCUT2D eigenvalue weighted by Crippen LogP contribution is -2.19. The topological polar surface area (TPSA) is 20.2 Å².